The summed E-state index contributed by atoms with van der Waals surface area (Å²) in [5.74, 6) is -0.305. The zero-order valence-electron chi connectivity index (χ0n) is 22.9. The van der Waals surface area contributed by atoms with Crippen molar-refractivity contribution in [3.05, 3.63) is 65.9 Å². The Morgan fingerprint density at radius 1 is 1.13 bits per heavy atom. The maximum absolute atomic E-state index is 13.3. The van der Waals surface area contributed by atoms with Gasteiger partial charge in [-0.2, -0.15) is 30.2 Å². The number of nitrogens with zero attached hydrogens (tertiary/aromatic N) is 4. The Balaban J connectivity index is 1.64. The number of H-pyrrole nitrogens is 1. The van der Waals surface area contributed by atoms with Gasteiger partial charge >= 0.3 is 6.61 Å². The van der Waals surface area contributed by atoms with Crippen LogP contribution in [0.2, 0.25) is 16.6 Å². The highest BCUT2D eigenvalue weighted by atomic mass is 32.4. The van der Waals surface area contributed by atoms with Gasteiger partial charge in [0.1, 0.15) is 18.5 Å². The number of ether oxygens (including phenoxy) is 1. The molecule has 0 saturated heterocycles. The number of benzene rings is 1. The molecule has 0 aliphatic rings. The number of amides is 1. The molecule has 208 valence electrons. The van der Waals surface area contributed by atoms with Crippen molar-refractivity contribution in [1.82, 2.24) is 24.8 Å². The number of halogens is 2. The molecule has 0 saturated carbocycles. The van der Waals surface area contributed by atoms with Crippen molar-refractivity contribution in [2.24, 2.45) is 0 Å². The fraction of sp³-hybridized carbons (Fsp3) is 0.407. The van der Waals surface area contributed by atoms with Crippen LogP contribution in [0.1, 0.15) is 63.2 Å². The summed E-state index contributed by atoms with van der Waals surface area (Å²) in [6, 6.07) is 7.13. The normalized spacial score (nSPS) is 12.3. The van der Waals surface area contributed by atoms with Crippen molar-refractivity contribution in [3.63, 3.8) is 0 Å². The lowest BCUT2D eigenvalue weighted by Gasteiger charge is -2.42. The summed E-state index contributed by atoms with van der Waals surface area (Å²) in [5, 5.41) is 14.0. The first-order valence-corrected chi connectivity index (χ1v) is 16.7. The fourth-order valence-electron chi connectivity index (χ4n) is 5.45. The minimum absolute atomic E-state index is 0.0963. The summed E-state index contributed by atoms with van der Waals surface area (Å²) >= 11 is 1.91. The van der Waals surface area contributed by atoms with Gasteiger partial charge in [0.2, 0.25) is 0 Å². The third-order valence-corrected chi connectivity index (χ3v) is 19.4. The van der Waals surface area contributed by atoms with Gasteiger partial charge in [-0.1, -0.05) is 41.5 Å². The molecule has 8 nitrogen and oxygen atoms in total. The molecule has 0 atom stereocenters. The van der Waals surface area contributed by atoms with Crippen molar-refractivity contribution >= 4 is 35.7 Å². The molecule has 0 aliphatic heterocycles. The first-order chi connectivity index (χ1) is 18.5. The van der Waals surface area contributed by atoms with E-state index in [1.807, 2.05) is 23.3 Å². The lowest BCUT2D eigenvalue weighted by molar-refractivity contribution is -0.0504. The number of alkyl halides is 2. The minimum atomic E-state index is -2.96. The van der Waals surface area contributed by atoms with E-state index in [0.717, 1.165) is 4.90 Å². The summed E-state index contributed by atoms with van der Waals surface area (Å²) in [6.45, 7) is 10.8. The Morgan fingerprint density at radius 3 is 2.51 bits per heavy atom. The standard InChI is InChI=1S/C27H34F2N6O2SSi/c1-16(2)39(17(3)4,18(5)6)38-20-8-9-24(37-27(28)29)19(12-20)13-22-23(15-31-34-22)33-26(36)21-14-32-35-11-7-10-30-25(21)35/h7-12,14-18,27H,13H2,1-6H3,(H,31,34)(H,33,36). The van der Waals surface area contributed by atoms with Crippen molar-refractivity contribution in [2.75, 3.05) is 5.32 Å². The van der Waals surface area contributed by atoms with Gasteiger partial charge in [0.15, 0.2) is 5.65 Å². The second kappa shape index (κ2) is 11.9. The zero-order valence-corrected chi connectivity index (χ0v) is 24.7. The zero-order chi connectivity index (χ0) is 28.3. The van der Waals surface area contributed by atoms with Gasteiger partial charge in [0.25, 0.3) is 5.91 Å². The summed E-state index contributed by atoms with van der Waals surface area (Å²) in [7, 11) is -1.87. The molecule has 0 fully saturated rings. The molecular weight excluding hydrogens is 538 g/mol. The highest BCUT2D eigenvalue weighted by molar-refractivity contribution is 8.29. The summed E-state index contributed by atoms with van der Waals surface area (Å²) in [5.41, 5.74) is 3.87. The monoisotopic (exact) mass is 572 g/mol. The second-order valence-corrected chi connectivity index (χ2v) is 19.0. The van der Waals surface area contributed by atoms with Crippen molar-refractivity contribution in [3.8, 4) is 5.75 Å². The van der Waals surface area contributed by atoms with Crippen molar-refractivity contribution in [2.45, 2.75) is 76.1 Å². The molecule has 3 heterocycles. The number of hydrogen-bond acceptors (Lipinski definition) is 6. The average molecular weight is 573 g/mol. The minimum Gasteiger partial charge on any atom is -0.435 e. The first kappa shape index (κ1) is 28.7. The lowest BCUT2D eigenvalue weighted by Crippen LogP contribution is -2.40. The van der Waals surface area contributed by atoms with E-state index in [-0.39, 0.29) is 12.2 Å². The highest BCUT2D eigenvalue weighted by Gasteiger charge is 2.44. The molecular formula is C27H34F2N6O2SSi. The summed E-state index contributed by atoms with van der Waals surface area (Å²) < 4.78 is 33.0. The largest absolute Gasteiger partial charge is 0.435 e. The Labute approximate surface area is 231 Å². The van der Waals surface area contributed by atoms with Crippen LogP contribution in [0.15, 0.2) is 53.9 Å². The van der Waals surface area contributed by atoms with Crippen LogP contribution in [-0.4, -0.2) is 44.5 Å². The number of fused-ring (bicyclic) bond motifs is 1. The Bertz CT molecular complexity index is 1420. The van der Waals surface area contributed by atoms with Crippen LogP contribution >= 0.6 is 11.2 Å². The van der Waals surface area contributed by atoms with Gasteiger partial charge < -0.3 is 10.1 Å². The number of hydrogen-bond donors (Lipinski definition) is 2. The van der Waals surface area contributed by atoms with Gasteiger partial charge in [-0.15, -0.1) is 0 Å². The number of carbonyl (C=O) groups is 1. The van der Waals surface area contributed by atoms with E-state index in [1.54, 1.807) is 24.5 Å². The maximum Gasteiger partial charge on any atom is 0.387 e. The molecule has 0 bridgehead atoms. The number of aromatic amines is 1. The van der Waals surface area contributed by atoms with Gasteiger partial charge in [-0.25, -0.2) is 9.50 Å². The molecule has 0 radical (unpaired) electrons. The fourth-order valence-corrected chi connectivity index (χ4v) is 14.6. The Morgan fingerprint density at radius 2 is 1.85 bits per heavy atom. The van der Waals surface area contributed by atoms with E-state index in [2.05, 4.69) is 67.1 Å². The van der Waals surface area contributed by atoms with Gasteiger partial charge in [0.05, 0.1) is 23.8 Å². The highest BCUT2D eigenvalue weighted by Crippen LogP contribution is 2.52. The van der Waals surface area contributed by atoms with E-state index in [9.17, 15) is 13.6 Å². The smallest absolute Gasteiger partial charge is 0.387 e. The van der Waals surface area contributed by atoms with E-state index in [4.69, 9.17) is 4.74 Å². The van der Waals surface area contributed by atoms with E-state index < -0.39 is 19.7 Å². The molecule has 0 aliphatic carbocycles. The molecule has 12 heteroatoms. The second-order valence-electron chi connectivity index (χ2n) is 10.4. The molecule has 0 spiro atoms. The molecule has 1 aromatic carbocycles. The van der Waals surface area contributed by atoms with Crippen LogP contribution < -0.4 is 10.1 Å². The number of anilines is 1. The number of rotatable bonds is 11. The molecule has 4 aromatic rings. The third kappa shape index (κ3) is 6.01. The Kier molecular flexibility index (Phi) is 8.75. The molecule has 2 N–H and O–H groups in total. The Hall–Kier alpha value is -3.25. The predicted molar refractivity (Wildman–Crippen MR) is 152 cm³/mol. The molecule has 1 amide bonds. The molecule has 4 rings (SSSR count). The molecule has 39 heavy (non-hydrogen) atoms. The SMILES string of the molecule is CC(C)[Si](Sc1ccc(OC(F)F)c(Cc2[nH]ncc2NC(=O)c2cnn3cccnc23)c1)(C(C)C)C(C)C. The average Bonchev–Trinajstić information content (AvgIpc) is 3.50. The van der Waals surface area contributed by atoms with Crippen LogP contribution in [0.4, 0.5) is 14.5 Å². The van der Waals surface area contributed by atoms with E-state index >= 15 is 0 Å². The number of carbonyl (C=O) groups excluding carboxylic acids is 1. The van der Waals surface area contributed by atoms with Crippen LogP contribution in [0.3, 0.4) is 0 Å². The van der Waals surface area contributed by atoms with Crippen LogP contribution in [0.25, 0.3) is 5.65 Å². The lowest BCUT2D eigenvalue weighted by atomic mass is 10.1. The van der Waals surface area contributed by atoms with Crippen molar-refractivity contribution < 1.29 is 18.3 Å². The van der Waals surface area contributed by atoms with Gasteiger partial charge in [-0.3, -0.25) is 9.89 Å². The number of nitrogens with one attached hydrogen (secondary N) is 2. The maximum atomic E-state index is 13.3. The first-order valence-electron chi connectivity index (χ1n) is 12.9. The summed E-state index contributed by atoms with van der Waals surface area (Å²) in [4.78, 5) is 18.3. The van der Waals surface area contributed by atoms with E-state index in [1.165, 1.54) is 16.9 Å². The van der Waals surface area contributed by atoms with Gasteiger partial charge in [0, 0.05) is 29.3 Å². The predicted octanol–water partition coefficient (Wildman–Crippen LogP) is 7.16. The van der Waals surface area contributed by atoms with Gasteiger partial charge in [-0.05, 0) is 40.9 Å². The van der Waals surface area contributed by atoms with Crippen LogP contribution in [0, 0.1) is 0 Å². The van der Waals surface area contributed by atoms with Crippen molar-refractivity contribution in [1.29, 1.82) is 0 Å². The summed E-state index contributed by atoms with van der Waals surface area (Å²) in [6.07, 6.45) is 6.43. The topological polar surface area (TPSA) is 97.2 Å². The number of aromatic nitrogens is 5. The van der Waals surface area contributed by atoms with Crippen LogP contribution in [0.5, 0.6) is 5.75 Å². The third-order valence-electron chi connectivity index (χ3n) is 7.11. The molecule has 0 unspecified atom stereocenters. The van der Waals surface area contributed by atoms with Crippen LogP contribution in [-0.2, 0) is 6.42 Å². The van der Waals surface area contributed by atoms with E-state index in [0.29, 0.717) is 44.8 Å². The molecule has 3 aromatic heterocycles. The quantitative estimate of drug-likeness (QED) is 0.185.